The molecule has 4 heteroatoms. The van der Waals surface area contributed by atoms with E-state index in [1.165, 1.54) is 25.3 Å². The lowest BCUT2D eigenvalue weighted by atomic mass is 10.1. The first-order valence-corrected chi connectivity index (χ1v) is 8.14. The molecule has 0 saturated heterocycles. The lowest BCUT2D eigenvalue weighted by Gasteiger charge is -2.04. The number of carbonyl (C=O) groups is 1. The Morgan fingerprint density at radius 1 is 1.13 bits per heavy atom. The molecule has 0 heterocycles. The Morgan fingerprint density at radius 2 is 1.78 bits per heavy atom. The van der Waals surface area contributed by atoms with E-state index < -0.39 is 5.97 Å². The first-order chi connectivity index (χ1) is 11.2. The van der Waals surface area contributed by atoms with Gasteiger partial charge in [0.15, 0.2) is 0 Å². The molecule has 0 atom stereocenters. The number of rotatable bonds is 10. The molecule has 23 heavy (non-hydrogen) atoms. The minimum absolute atomic E-state index is 0.0150. The van der Waals surface area contributed by atoms with Gasteiger partial charge in [0.25, 0.3) is 0 Å². The Morgan fingerprint density at radius 3 is 2.39 bits per heavy atom. The molecular weight excluding hydrogens is 290 g/mol. The van der Waals surface area contributed by atoms with Crippen LogP contribution in [-0.4, -0.2) is 19.7 Å². The van der Waals surface area contributed by atoms with Crippen molar-refractivity contribution >= 4 is 12.0 Å². The van der Waals surface area contributed by atoms with Gasteiger partial charge in [-0.25, -0.2) is 4.79 Å². The van der Waals surface area contributed by atoms with Crippen molar-refractivity contribution in [2.75, 3.05) is 13.7 Å². The van der Waals surface area contributed by atoms with Crippen molar-refractivity contribution in [3.63, 3.8) is 0 Å². The summed E-state index contributed by atoms with van der Waals surface area (Å²) in [4.78, 5) is 11.9. The quantitative estimate of drug-likeness (QED) is 0.276. The monoisotopic (exact) mass is 315 g/mol. The molecule has 0 saturated carbocycles. The van der Waals surface area contributed by atoms with Crippen molar-refractivity contribution in [1.82, 2.24) is 0 Å². The average molecular weight is 315 g/mol. The lowest BCUT2D eigenvalue weighted by Crippen LogP contribution is -2.08. The van der Waals surface area contributed by atoms with Gasteiger partial charge in [0.2, 0.25) is 0 Å². The first-order valence-electron chi connectivity index (χ1n) is 8.14. The molecule has 0 radical (unpaired) electrons. The van der Waals surface area contributed by atoms with E-state index in [4.69, 9.17) is 14.7 Å². The third-order valence-corrected chi connectivity index (χ3v) is 3.50. The van der Waals surface area contributed by atoms with Crippen LogP contribution in [0.15, 0.2) is 29.8 Å². The van der Waals surface area contributed by atoms with Crippen LogP contribution in [0.3, 0.4) is 0 Å². The van der Waals surface area contributed by atoms with Crippen molar-refractivity contribution < 1.29 is 14.3 Å². The number of methoxy groups -OCH3 is 1. The molecule has 0 aliphatic carbocycles. The highest BCUT2D eigenvalue weighted by atomic mass is 16.5. The minimum atomic E-state index is -0.558. The number of nitrogens with zero attached hydrogens (tertiary/aromatic N) is 1. The van der Waals surface area contributed by atoms with Crippen molar-refractivity contribution in [3.05, 3.63) is 35.4 Å². The summed E-state index contributed by atoms with van der Waals surface area (Å²) in [6.45, 7) is 2.55. The molecule has 4 nitrogen and oxygen atoms in total. The number of hydrogen-bond acceptors (Lipinski definition) is 4. The topological polar surface area (TPSA) is 59.3 Å². The van der Waals surface area contributed by atoms with Crippen LogP contribution >= 0.6 is 0 Å². The predicted octanol–water partition coefficient (Wildman–Crippen LogP) is 4.51. The van der Waals surface area contributed by atoms with Crippen molar-refractivity contribution in [2.24, 2.45) is 0 Å². The van der Waals surface area contributed by atoms with Crippen LogP contribution < -0.4 is 4.74 Å². The Bertz CT molecular complexity index is 541. The minimum Gasteiger partial charge on any atom is -0.497 e. The van der Waals surface area contributed by atoms with Crippen LogP contribution in [0.4, 0.5) is 0 Å². The highest BCUT2D eigenvalue weighted by molar-refractivity contribution is 5.97. The summed E-state index contributed by atoms with van der Waals surface area (Å²) < 4.78 is 10.2. The van der Waals surface area contributed by atoms with Crippen molar-refractivity contribution in [3.8, 4) is 11.8 Å². The van der Waals surface area contributed by atoms with Gasteiger partial charge in [-0.3, -0.25) is 0 Å². The number of benzene rings is 1. The molecule has 1 aromatic carbocycles. The third kappa shape index (κ3) is 7.51. The molecule has 0 amide bonds. The third-order valence-electron chi connectivity index (χ3n) is 3.50. The number of ether oxygens (including phenoxy) is 2. The Kier molecular flexibility index (Phi) is 9.23. The van der Waals surface area contributed by atoms with E-state index in [1.54, 1.807) is 31.4 Å². The molecule has 0 aliphatic heterocycles. The van der Waals surface area contributed by atoms with E-state index in [0.29, 0.717) is 6.61 Å². The van der Waals surface area contributed by atoms with E-state index in [-0.39, 0.29) is 5.57 Å². The second-order valence-corrected chi connectivity index (χ2v) is 5.35. The van der Waals surface area contributed by atoms with E-state index in [2.05, 4.69) is 6.92 Å². The second kappa shape index (κ2) is 11.3. The zero-order valence-electron chi connectivity index (χ0n) is 14.0. The van der Waals surface area contributed by atoms with Gasteiger partial charge >= 0.3 is 5.97 Å². The molecule has 124 valence electrons. The van der Waals surface area contributed by atoms with Gasteiger partial charge in [-0.15, -0.1) is 0 Å². The van der Waals surface area contributed by atoms with E-state index >= 15 is 0 Å². The number of esters is 1. The zero-order chi connectivity index (χ0) is 16.9. The standard InChI is InChI=1S/C19H25NO3/c1-3-4-5-6-7-8-13-23-19(21)17(15-20)14-16-9-11-18(22-2)12-10-16/h9-12,14H,3-8,13H2,1-2H3. The Balaban J connectivity index is 2.42. The SMILES string of the molecule is CCCCCCCCOC(=O)C(C#N)=Cc1ccc(OC)cc1. The number of hydrogen-bond donors (Lipinski definition) is 0. The fourth-order valence-electron chi connectivity index (χ4n) is 2.13. The maximum atomic E-state index is 11.9. The van der Waals surface area contributed by atoms with Crippen LogP contribution in [-0.2, 0) is 9.53 Å². The summed E-state index contributed by atoms with van der Waals surface area (Å²) in [6, 6.07) is 9.04. The highest BCUT2D eigenvalue weighted by Crippen LogP contribution is 2.14. The normalized spacial score (nSPS) is 10.9. The van der Waals surface area contributed by atoms with Crippen LogP contribution in [0, 0.1) is 11.3 Å². The molecule has 0 fully saturated rings. The molecule has 1 rings (SSSR count). The summed E-state index contributed by atoms with van der Waals surface area (Å²) in [6.07, 6.45) is 8.29. The predicted molar refractivity (Wildman–Crippen MR) is 90.9 cm³/mol. The summed E-state index contributed by atoms with van der Waals surface area (Å²) >= 11 is 0. The van der Waals surface area contributed by atoms with Crippen LogP contribution in [0.2, 0.25) is 0 Å². The van der Waals surface area contributed by atoms with Crippen LogP contribution in [0.5, 0.6) is 5.75 Å². The largest absolute Gasteiger partial charge is 0.497 e. The smallest absolute Gasteiger partial charge is 0.348 e. The van der Waals surface area contributed by atoms with Gasteiger partial charge in [0, 0.05) is 0 Å². The maximum absolute atomic E-state index is 11.9. The molecular formula is C19H25NO3. The molecule has 1 aromatic rings. The molecule has 0 unspecified atom stereocenters. The Labute approximate surface area is 138 Å². The van der Waals surface area contributed by atoms with Crippen molar-refractivity contribution in [1.29, 1.82) is 5.26 Å². The summed E-state index contributed by atoms with van der Waals surface area (Å²) in [5, 5.41) is 9.11. The van der Waals surface area contributed by atoms with Gasteiger partial charge < -0.3 is 9.47 Å². The van der Waals surface area contributed by atoms with Gasteiger partial charge in [0.1, 0.15) is 17.4 Å². The summed E-state index contributed by atoms with van der Waals surface area (Å²) in [7, 11) is 1.59. The number of unbranched alkanes of at least 4 members (excludes halogenated alkanes) is 5. The van der Waals surface area contributed by atoms with Crippen LogP contribution in [0.25, 0.3) is 6.08 Å². The van der Waals surface area contributed by atoms with Crippen molar-refractivity contribution in [2.45, 2.75) is 45.4 Å². The van der Waals surface area contributed by atoms with E-state index in [1.807, 2.05) is 6.07 Å². The summed E-state index contributed by atoms with van der Waals surface area (Å²) in [5.74, 6) is 0.170. The van der Waals surface area contributed by atoms with Crippen LogP contribution in [0.1, 0.15) is 51.0 Å². The lowest BCUT2D eigenvalue weighted by molar-refractivity contribution is -0.138. The maximum Gasteiger partial charge on any atom is 0.348 e. The molecule has 0 N–H and O–H groups in total. The Hall–Kier alpha value is -2.28. The van der Waals surface area contributed by atoms with E-state index in [9.17, 15) is 4.79 Å². The molecule has 0 bridgehead atoms. The fourth-order valence-corrected chi connectivity index (χ4v) is 2.13. The molecule has 0 spiro atoms. The number of carbonyl (C=O) groups excluding carboxylic acids is 1. The van der Waals surface area contributed by atoms with Gasteiger partial charge in [-0.2, -0.15) is 5.26 Å². The summed E-state index contributed by atoms with van der Waals surface area (Å²) in [5.41, 5.74) is 0.778. The van der Waals surface area contributed by atoms with Gasteiger partial charge in [-0.05, 0) is 30.2 Å². The first kappa shape index (κ1) is 18.8. The van der Waals surface area contributed by atoms with Gasteiger partial charge in [0.05, 0.1) is 13.7 Å². The zero-order valence-corrected chi connectivity index (χ0v) is 14.0. The number of nitriles is 1. The molecule has 0 aromatic heterocycles. The van der Waals surface area contributed by atoms with Gasteiger partial charge in [-0.1, -0.05) is 51.2 Å². The highest BCUT2D eigenvalue weighted by Gasteiger charge is 2.10. The van der Waals surface area contributed by atoms with E-state index in [0.717, 1.165) is 30.6 Å². The average Bonchev–Trinajstić information content (AvgIpc) is 2.59. The molecule has 0 aliphatic rings. The fraction of sp³-hybridized carbons (Fsp3) is 0.474. The second-order valence-electron chi connectivity index (χ2n) is 5.35.